The van der Waals surface area contributed by atoms with Crippen molar-refractivity contribution in [2.75, 3.05) is 0 Å². The smallest absolute Gasteiger partial charge is 0.130 e. The maximum absolute atomic E-state index is 6.02. The molecule has 3 aromatic rings. The van der Waals surface area contributed by atoms with E-state index in [4.69, 9.17) is 4.42 Å². The second kappa shape index (κ2) is 8.00. The third-order valence-corrected chi connectivity index (χ3v) is 13.8. The zero-order valence-corrected chi connectivity index (χ0v) is 22.7. The lowest BCUT2D eigenvalue weighted by Gasteiger charge is -2.35. The van der Waals surface area contributed by atoms with Crippen LogP contribution in [0.5, 0.6) is 0 Å². The number of benzene rings is 2. The number of fused-ring (bicyclic) bond motifs is 1. The Morgan fingerprint density at radius 2 is 1.58 bits per heavy atom. The maximum atomic E-state index is 6.02. The minimum Gasteiger partial charge on any atom is -0.465 e. The third kappa shape index (κ3) is 3.77. The van der Waals surface area contributed by atoms with Crippen LogP contribution in [0.15, 0.2) is 88.2 Å². The first kappa shape index (κ1) is 22.2. The minimum absolute atomic E-state index is 0.406. The summed E-state index contributed by atoms with van der Waals surface area (Å²) in [5.74, 6) is 1.03. The SMILES string of the molecule is CC1=C([Si](C)(C)C2C(c3ccco3)=Cc3c2cccc3[Si](C)(C)C)CC(c2ccccc2)=C1. The van der Waals surface area contributed by atoms with Gasteiger partial charge in [0.25, 0.3) is 0 Å². The molecule has 0 bridgehead atoms. The fraction of sp³-hybridized carbons (Fsp3) is 0.267. The molecule has 0 fully saturated rings. The van der Waals surface area contributed by atoms with Gasteiger partial charge in [0.2, 0.25) is 0 Å². The first-order valence-electron chi connectivity index (χ1n) is 12.0. The van der Waals surface area contributed by atoms with Gasteiger partial charge in [0.15, 0.2) is 0 Å². The van der Waals surface area contributed by atoms with E-state index in [1.54, 1.807) is 10.4 Å². The molecular weight excluding hydrogens is 433 g/mol. The summed E-state index contributed by atoms with van der Waals surface area (Å²) in [6, 6.07) is 22.1. The van der Waals surface area contributed by atoms with Gasteiger partial charge >= 0.3 is 0 Å². The van der Waals surface area contributed by atoms with Gasteiger partial charge in [-0.3, -0.25) is 0 Å². The highest BCUT2D eigenvalue weighted by atomic mass is 28.3. The van der Waals surface area contributed by atoms with Gasteiger partial charge in [0, 0.05) is 11.1 Å². The molecule has 0 saturated heterocycles. The summed E-state index contributed by atoms with van der Waals surface area (Å²) in [5, 5.41) is 3.24. The van der Waals surface area contributed by atoms with Crippen molar-refractivity contribution in [3.63, 3.8) is 0 Å². The summed E-state index contributed by atoms with van der Waals surface area (Å²) >= 11 is 0. The van der Waals surface area contributed by atoms with Gasteiger partial charge in [-0.2, -0.15) is 0 Å². The van der Waals surface area contributed by atoms with Crippen LogP contribution >= 0.6 is 0 Å². The van der Waals surface area contributed by atoms with E-state index in [-0.39, 0.29) is 0 Å². The van der Waals surface area contributed by atoms with E-state index in [0.29, 0.717) is 5.54 Å². The number of hydrogen-bond acceptors (Lipinski definition) is 1. The van der Waals surface area contributed by atoms with E-state index >= 15 is 0 Å². The molecule has 0 saturated carbocycles. The monoisotopic (exact) mass is 466 g/mol. The summed E-state index contributed by atoms with van der Waals surface area (Å²) in [6.45, 7) is 14.8. The Morgan fingerprint density at radius 3 is 2.24 bits per heavy atom. The van der Waals surface area contributed by atoms with E-state index in [2.05, 4.69) is 106 Å². The number of furan rings is 1. The van der Waals surface area contributed by atoms with Crippen LogP contribution < -0.4 is 5.19 Å². The molecule has 33 heavy (non-hydrogen) atoms. The van der Waals surface area contributed by atoms with E-state index < -0.39 is 16.1 Å². The lowest BCUT2D eigenvalue weighted by Crippen LogP contribution is -2.41. The van der Waals surface area contributed by atoms with Gasteiger partial charge in [0.1, 0.15) is 5.76 Å². The Kier molecular flexibility index (Phi) is 5.38. The highest BCUT2D eigenvalue weighted by Crippen LogP contribution is 2.52. The van der Waals surface area contributed by atoms with Gasteiger partial charge in [0.05, 0.1) is 22.4 Å². The summed E-state index contributed by atoms with van der Waals surface area (Å²) in [4.78, 5) is 0. The predicted molar refractivity (Wildman–Crippen MR) is 148 cm³/mol. The molecule has 2 aliphatic rings. The van der Waals surface area contributed by atoms with Crippen LogP contribution in [0.4, 0.5) is 0 Å². The molecule has 1 aromatic heterocycles. The van der Waals surface area contributed by atoms with Gasteiger partial charge in [-0.05, 0) is 53.8 Å². The van der Waals surface area contributed by atoms with Crippen LogP contribution in [-0.4, -0.2) is 16.1 Å². The Morgan fingerprint density at radius 1 is 0.818 bits per heavy atom. The second-order valence-corrected chi connectivity index (χ2v) is 20.8. The van der Waals surface area contributed by atoms with Gasteiger partial charge in [-0.25, -0.2) is 0 Å². The molecule has 0 aliphatic heterocycles. The Labute approximate surface area is 200 Å². The van der Waals surface area contributed by atoms with Crippen molar-refractivity contribution >= 4 is 38.6 Å². The number of hydrogen-bond donors (Lipinski definition) is 0. The van der Waals surface area contributed by atoms with Crippen LogP contribution in [0.1, 0.15) is 41.3 Å². The topological polar surface area (TPSA) is 13.1 Å². The molecule has 0 amide bonds. The third-order valence-electron chi connectivity index (χ3n) is 7.55. The molecule has 3 heteroatoms. The summed E-state index contributed by atoms with van der Waals surface area (Å²) in [6.07, 6.45) is 7.79. The molecule has 1 nitrogen and oxygen atoms in total. The first-order valence-corrected chi connectivity index (χ1v) is 18.6. The highest BCUT2D eigenvalue weighted by Gasteiger charge is 2.45. The van der Waals surface area contributed by atoms with Crippen LogP contribution in [-0.2, 0) is 0 Å². The summed E-state index contributed by atoms with van der Waals surface area (Å²) < 4.78 is 6.02. The van der Waals surface area contributed by atoms with Crippen LogP contribution in [0.3, 0.4) is 0 Å². The van der Waals surface area contributed by atoms with Crippen molar-refractivity contribution in [1.29, 1.82) is 0 Å². The standard InChI is InChI=1S/C30H34OSi2/c1-21-18-23(22-12-8-7-9-13-22)19-29(21)33(5,6)30-24-14-10-16-28(32(2,3)4)25(24)20-26(30)27-15-11-17-31-27/h7-18,20,30H,19H2,1-6H3. The summed E-state index contributed by atoms with van der Waals surface area (Å²) in [7, 11) is -3.39. The molecule has 168 valence electrons. The van der Waals surface area contributed by atoms with E-state index in [1.807, 2.05) is 12.3 Å². The predicted octanol–water partition coefficient (Wildman–Crippen LogP) is 8.05. The Balaban J connectivity index is 1.61. The molecule has 2 aromatic carbocycles. The van der Waals surface area contributed by atoms with E-state index in [9.17, 15) is 0 Å². The van der Waals surface area contributed by atoms with Crippen LogP contribution in [0.25, 0.3) is 17.2 Å². The molecular formula is C30H34OSi2. The van der Waals surface area contributed by atoms with Crippen molar-refractivity contribution in [2.45, 2.75) is 51.6 Å². The number of allylic oxidation sites excluding steroid dienone is 5. The minimum atomic E-state index is -1.91. The van der Waals surface area contributed by atoms with E-state index in [1.165, 1.54) is 33.4 Å². The lowest BCUT2D eigenvalue weighted by molar-refractivity contribution is 0.551. The molecule has 1 atom stereocenters. The number of rotatable bonds is 5. The van der Waals surface area contributed by atoms with Crippen LogP contribution in [0, 0.1) is 0 Å². The zero-order valence-electron chi connectivity index (χ0n) is 20.7. The first-order chi connectivity index (χ1) is 15.7. The van der Waals surface area contributed by atoms with Gasteiger partial charge in [-0.15, -0.1) is 0 Å². The molecule has 0 spiro atoms. The Bertz CT molecular complexity index is 1280. The fourth-order valence-electron chi connectivity index (χ4n) is 5.97. The molecule has 0 radical (unpaired) electrons. The second-order valence-electron chi connectivity index (χ2n) is 11.2. The van der Waals surface area contributed by atoms with Crippen LogP contribution in [0.2, 0.25) is 32.7 Å². The van der Waals surface area contributed by atoms with Gasteiger partial charge in [-0.1, -0.05) is 103 Å². The van der Waals surface area contributed by atoms with Crippen molar-refractivity contribution < 1.29 is 4.42 Å². The average Bonchev–Trinajstić information content (AvgIpc) is 3.51. The largest absolute Gasteiger partial charge is 0.465 e. The fourth-order valence-corrected chi connectivity index (χ4v) is 11.7. The van der Waals surface area contributed by atoms with Crippen molar-refractivity contribution in [3.8, 4) is 0 Å². The zero-order chi connectivity index (χ0) is 23.4. The quantitative estimate of drug-likeness (QED) is 0.347. The van der Waals surface area contributed by atoms with Crippen molar-refractivity contribution in [1.82, 2.24) is 0 Å². The molecule has 5 rings (SSSR count). The molecule has 2 aliphatic carbocycles. The molecule has 1 unspecified atom stereocenters. The molecule has 0 N–H and O–H groups in total. The highest BCUT2D eigenvalue weighted by molar-refractivity contribution is 6.90. The summed E-state index contributed by atoms with van der Waals surface area (Å²) in [5.41, 5.74) is 9.06. The molecule has 1 heterocycles. The van der Waals surface area contributed by atoms with E-state index in [0.717, 1.165) is 12.2 Å². The lowest BCUT2D eigenvalue weighted by atomic mass is 10.1. The van der Waals surface area contributed by atoms with Crippen molar-refractivity contribution in [2.24, 2.45) is 0 Å². The van der Waals surface area contributed by atoms with Crippen molar-refractivity contribution in [3.05, 3.63) is 106 Å². The Hall–Kier alpha value is -2.63. The van der Waals surface area contributed by atoms with Gasteiger partial charge < -0.3 is 4.42 Å². The average molecular weight is 467 g/mol. The normalized spacial score (nSPS) is 18.4. The maximum Gasteiger partial charge on any atom is 0.130 e.